The van der Waals surface area contributed by atoms with Crippen LogP contribution in [-0.4, -0.2) is 60.8 Å². The van der Waals surface area contributed by atoms with Crippen molar-refractivity contribution in [2.24, 2.45) is 0 Å². The summed E-state index contributed by atoms with van der Waals surface area (Å²) in [4.78, 5) is 24.4. The van der Waals surface area contributed by atoms with Crippen molar-refractivity contribution >= 4 is 33.2 Å². The SMILES string of the molecule is C=CCCC(=O)N1CCN(S(=O)(=O)c2cc(C(=O)O)cs2)CC1. The second kappa shape index (κ2) is 7.24. The van der Waals surface area contributed by atoms with Crippen molar-refractivity contribution in [2.75, 3.05) is 26.2 Å². The van der Waals surface area contributed by atoms with Crippen LogP contribution in [0.25, 0.3) is 0 Å². The van der Waals surface area contributed by atoms with Crippen LogP contribution in [-0.2, 0) is 14.8 Å². The molecule has 1 fully saturated rings. The van der Waals surface area contributed by atoms with Gasteiger partial charge in [0.15, 0.2) is 0 Å². The highest BCUT2D eigenvalue weighted by Crippen LogP contribution is 2.25. The molecule has 1 aliphatic heterocycles. The number of amides is 1. The topological polar surface area (TPSA) is 95.0 Å². The van der Waals surface area contributed by atoms with Crippen molar-refractivity contribution in [1.82, 2.24) is 9.21 Å². The molecular weight excluding hydrogens is 340 g/mol. The molecule has 23 heavy (non-hydrogen) atoms. The number of thiophene rings is 1. The van der Waals surface area contributed by atoms with E-state index in [1.807, 2.05) is 0 Å². The number of rotatable bonds is 6. The number of nitrogens with zero attached hydrogens (tertiary/aromatic N) is 2. The first-order chi connectivity index (χ1) is 10.9. The van der Waals surface area contributed by atoms with E-state index in [2.05, 4.69) is 6.58 Å². The first kappa shape index (κ1) is 17.6. The second-order valence-electron chi connectivity index (χ2n) is 5.07. The molecule has 1 aliphatic rings. The predicted octanol–water partition coefficient (Wildman–Crippen LogP) is 1.25. The van der Waals surface area contributed by atoms with Gasteiger partial charge in [-0.1, -0.05) is 6.08 Å². The Balaban J connectivity index is 2.02. The third kappa shape index (κ3) is 3.98. The number of carbonyl (C=O) groups excluding carboxylic acids is 1. The van der Waals surface area contributed by atoms with E-state index in [0.29, 0.717) is 25.9 Å². The largest absolute Gasteiger partial charge is 0.478 e. The minimum atomic E-state index is -3.71. The molecule has 0 aromatic carbocycles. The first-order valence-electron chi connectivity index (χ1n) is 7.07. The fraction of sp³-hybridized carbons (Fsp3) is 0.429. The number of piperazine rings is 1. The third-order valence-electron chi connectivity index (χ3n) is 3.57. The van der Waals surface area contributed by atoms with Gasteiger partial charge in [-0.3, -0.25) is 4.79 Å². The minimum Gasteiger partial charge on any atom is -0.478 e. The van der Waals surface area contributed by atoms with Crippen LogP contribution in [0.5, 0.6) is 0 Å². The summed E-state index contributed by atoms with van der Waals surface area (Å²) in [6.07, 6.45) is 2.66. The smallest absolute Gasteiger partial charge is 0.336 e. The van der Waals surface area contributed by atoms with Crippen LogP contribution in [0, 0.1) is 0 Å². The van der Waals surface area contributed by atoms with E-state index < -0.39 is 16.0 Å². The number of hydrogen-bond donors (Lipinski definition) is 1. The highest BCUT2D eigenvalue weighted by molar-refractivity contribution is 7.91. The van der Waals surface area contributed by atoms with Gasteiger partial charge >= 0.3 is 5.97 Å². The summed E-state index contributed by atoms with van der Waals surface area (Å²) in [6.45, 7) is 4.67. The van der Waals surface area contributed by atoms with E-state index in [4.69, 9.17) is 5.11 Å². The van der Waals surface area contributed by atoms with Gasteiger partial charge in [0.1, 0.15) is 4.21 Å². The summed E-state index contributed by atoms with van der Waals surface area (Å²) >= 11 is 0.895. The Hall–Kier alpha value is -1.71. The molecule has 0 radical (unpaired) electrons. The van der Waals surface area contributed by atoms with Crippen molar-refractivity contribution in [2.45, 2.75) is 17.1 Å². The Labute approximate surface area is 138 Å². The van der Waals surface area contributed by atoms with Crippen LogP contribution in [0.15, 0.2) is 28.3 Å². The Morgan fingerprint density at radius 2 is 1.96 bits per heavy atom. The van der Waals surface area contributed by atoms with E-state index in [1.54, 1.807) is 11.0 Å². The fourth-order valence-electron chi connectivity index (χ4n) is 2.25. The standard InChI is InChI=1S/C14H18N2O5S2/c1-2-3-4-12(17)15-5-7-16(8-6-15)23(20,21)13-9-11(10-22-13)14(18)19/h2,9-10H,1,3-8H2,(H,18,19). The van der Waals surface area contributed by atoms with Crippen LogP contribution in [0.4, 0.5) is 0 Å². The average Bonchev–Trinajstić information content (AvgIpc) is 3.03. The van der Waals surface area contributed by atoms with Crippen LogP contribution < -0.4 is 0 Å². The van der Waals surface area contributed by atoms with Crippen LogP contribution >= 0.6 is 11.3 Å². The summed E-state index contributed by atoms with van der Waals surface area (Å²) in [5, 5.41) is 10.2. The van der Waals surface area contributed by atoms with Crippen molar-refractivity contribution in [3.63, 3.8) is 0 Å². The molecule has 2 rings (SSSR count). The number of aromatic carboxylic acids is 1. The molecule has 0 saturated carbocycles. The second-order valence-corrected chi connectivity index (χ2v) is 8.15. The highest BCUT2D eigenvalue weighted by atomic mass is 32.2. The van der Waals surface area contributed by atoms with Crippen molar-refractivity contribution < 1.29 is 23.1 Å². The molecule has 1 amide bonds. The summed E-state index contributed by atoms with van der Waals surface area (Å²) in [5.41, 5.74) is -0.0354. The van der Waals surface area contributed by atoms with Crippen molar-refractivity contribution in [1.29, 1.82) is 0 Å². The van der Waals surface area contributed by atoms with Gasteiger partial charge in [0.2, 0.25) is 5.91 Å². The number of carbonyl (C=O) groups is 2. The summed E-state index contributed by atoms with van der Waals surface area (Å²) < 4.78 is 26.3. The maximum atomic E-state index is 12.5. The van der Waals surface area contributed by atoms with Gasteiger partial charge in [0.25, 0.3) is 10.0 Å². The van der Waals surface area contributed by atoms with Gasteiger partial charge in [-0.15, -0.1) is 17.9 Å². The van der Waals surface area contributed by atoms with Crippen LogP contribution in [0.3, 0.4) is 0 Å². The zero-order chi connectivity index (χ0) is 17.0. The summed E-state index contributed by atoms with van der Waals surface area (Å²) in [5.74, 6) is -1.16. The predicted molar refractivity (Wildman–Crippen MR) is 86.0 cm³/mol. The first-order valence-corrected chi connectivity index (χ1v) is 9.39. The normalized spacial score (nSPS) is 16.3. The monoisotopic (exact) mass is 358 g/mol. The number of carboxylic acid groups (broad SMARTS) is 1. The molecule has 0 spiro atoms. The molecule has 0 atom stereocenters. The molecule has 0 bridgehead atoms. The highest BCUT2D eigenvalue weighted by Gasteiger charge is 2.31. The molecule has 126 valence electrons. The van der Waals surface area contributed by atoms with Gasteiger partial charge < -0.3 is 10.0 Å². The lowest BCUT2D eigenvalue weighted by Crippen LogP contribution is -2.50. The minimum absolute atomic E-state index is 0.00812. The third-order valence-corrected chi connectivity index (χ3v) is 6.88. The number of sulfonamides is 1. The molecule has 0 aliphatic carbocycles. The average molecular weight is 358 g/mol. The molecular formula is C14H18N2O5S2. The Kier molecular flexibility index (Phi) is 5.55. The van der Waals surface area contributed by atoms with Gasteiger partial charge in [-0.05, 0) is 12.5 Å². The molecule has 0 unspecified atom stereocenters. The van der Waals surface area contributed by atoms with E-state index >= 15 is 0 Å². The molecule has 9 heteroatoms. The van der Waals surface area contributed by atoms with Crippen LogP contribution in [0.1, 0.15) is 23.2 Å². The molecule has 1 N–H and O–H groups in total. The fourth-order valence-corrected chi connectivity index (χ4v) is 4.98. The lowest BCUT2D eigenvalue weighted by atomic mass is 10.2. The number of allylic oxidation sites excluding steroid dienone is 1. The quantitative estimate of drug-likeness (QED) is 0.772. The Morgan fingerprint density at radius 3 is 2.48 bits per heavy atom. The lowest BCUT2D eigenvalue weighted by Gasteiger charge is -2.33. The van der Waals surface area contributed by atoms with Crippen molar-refractivity contribution in [3.05, 3.63) is 29.7 Å². The maximum Gasteiger partial charge on any atom is 0.336 e. The van der Waals surface area contributed by atoms with Gasteiger partial charge in [0, 0.05) is 38.0 Å². The lowest BCUT2D eigenvalue weighted by molar-refractivity contribution is -0.132. The maximum absolute atomic E-state index is 12.5. The van der Waals surface area contributed by atoms with Gasteiger partial charge in [-0.25, -0.2) is 13.2 Å². The van der Waals surface area contributed by atoms with Gasteiger partial charge in [0.05, 0.1) is 5.56 Å². The van der Waals surface area contributed by atoms with Crippen molar-refractivity contribution in [3.8, 4) is 0 Å². The number of hydrogen-bond acceptors (Lipinski definition) is 5. The zero-order valence-corrected chi connectivity index (χ0v) is 14.1. The molecule has 7 nitrogen and oxygen atoms in total. The molecule has 1 aromatic rings. The Bertz CT molecular complexity index is 703. The van der Waals surface area contributed by atoms with E-state index in [1.165, 1.54) is 15.8 Å². The van der Waals surface area contributed by atoms with E-state index in [9.17, 15) is 18.0 Å². The number of carboxylic acids is 1. The van der Waals surface area contributed by atoms with E-state index in [0.717, 1.165) is 11.3 Å². The molecule has 2 heterocycles. The summed E-state index contributed by atoms with van der Waals surface area (Å²) in [6, 6.07) is 1.17. The molecule has 1 aromatic heterocycles. The Morgan fingerprint density at radius 1 is 1.30 bits per heavy atom. The summed E-state index contributed by atoms with van der Waals surface area (Å²) in [7, 11) is -3.71. The molecule has 1 saturated heterocycles. The van der Waals surface area contributed by atoms with Crippen LogP contribution in [0.2, 0.25) is 0 Å². The van der Waals surface area contributed by atoms with Gasteiger partial charge in [-0.2, -0.15) is 4.31 Å². The zero-order valence-electron chi connectivity index (χ0n) is 12.5. The van der Waals surface area contributed by atoms with E-state index in [-0.39, 0.29) is 28.8 Å².